The molecule has 0 amide bonds. The molecule has 0 aliphatic rings. The summed E-state index contributed by atoms with van der Waals surface area (Å²) in [4.78, 5) is 17.8. The first-order valence-corrected chi connectivity index (χ1v) is 5.83. The second-order valence-corrected chi connectivity index (χ2v) is 4.38. The van der Waals surface area contributed by atoms with E-state index in [1.54, 1.807) is 6.07 Å². The molecule has 0 saturated carbocycles. The summed E-state index contributed by atoms with van der Waals surface area (Å²) in [5.74, 6) is 0.818. The highest BCUT2D eigenvalue weighted by atomic mass is 127. The Bertz CT molecular complexity index is 583. The highest BCUT2D eigenvalue weighted by Crippen LogP contribution is 2.25. The number of rotatable bonds is 3. The Morgan fingerprint density at radius 3 is 2.94 bits per heavy atom. The predicted octanol–water partition coefficient (Wildman–Crippen LogP) is 2.18. The molecule has 0 atom stereocenters. The lowest BCUT2D eigenvalue weighted by Gasteiger charge is -2.07. The summed E-state index contributed by atoms with van der Waals surface area (Å²) in [6.45, 7) is 0. The maximum absolute atomic E-state index is 11.4. The second-order valence-electron chi connectivity index (χ2n) is 3.13. The summed E-state index contributed by atoms with van der Waals surface area (Å²) in [5, 5.41) is 0. The first kappa shape index (κ1) is 11.9. The standard InChI is InChI=1S/C11H9IN2O3/c1-16-9-10(15)13-6-14-11(9)17-8-4-2-3-7(12)5-8/h2-6H,1H3,(H,13,14,15). The molecule has 0 saturated heterocycles. The van der Waals surface area contributed by atoms with Crippen LogP contribution in [-0.4, -0.2) is 17.1 Å². The summed E-state index contributed by atoms with van der Waals surface area (Å²) in [5.41, 5.74) is -0.372. The zero-order valence-corrected chi connectivity index (χ0v) is 11.1. The third-order valence-corrected chi connectivity index (χ3v) is 2.66. The van der Waals surface area contributed by atoms with Crippen LogP contribution in [0, 0.1) is 3.57 Å². The summed E-state index contributed by atoms with van der Waals surface area (Å²) < 4.78 is 11.5. The van der Waals surface area contributed by atoms with E-state index < -0.39 is 0 Å². The number of ether oxygens (including phenoxy) is 2. The second kappa shape index (κ2) is 5.17. The maximum Gasteiger partial charge on any atom is 0.297 e. The lowest BCUT2D eigenvalue weighted by molar-refractivity contribution is 0.363. The third-order valence-electron chi connectivity index (χ3n) is 1.99. The van der Waals surface area contributed by atoms with E-state index in [0.717, 1.165) is 3.57 Å². The zero-order valence-electron chi connectivity index (χ0n) is 8.94. The van der Waals surface area contributed by atoms with Crippen LogP contribution in [0.5, 0.6) is 17.4 Å². The lowest BCUT2D eigenvalue weighted by Crippen LogP contribution is -2.10. The molecule has 1 heterocycles. The van der Waals surface area contributed by atoms with E-state index in [4.69, 9.17) is 9.47 Å². The SMILES string of the molecule is COc1c(Oc2cccc(I)c2)nc[nH]c1=O. The van der Waals surface area contributed by atoms with E-state index in [1.807, 2.05) is 18.2 Å². The number of methoxy groups -OCH3 is 1. The monoisotopic (exact) mass is 344 g/mol. The van der Waals surface area contributed by atoms with Crippen LogP contribution in [0.4, 0.5) is 0 Å². The minimum absolute atomic E-state index is 0.0614. The molecular formula is C11H9IN2O3. The fraction of sp³-hybridized carbons (Fsp3) is 0.0909. The van der Waals surface area contributed by atoms with Gasteiger partial charge in [0.15, 0.2) is 0 Å². The molecule has 1 aromatic heterocycles. The average molecular weight is 344 g/mol. The summed E-state index contributed by atoms with van der Waals surface area (Å²) in [7, 11) is 1.40. The molecule has 2 rings (SSSR count). The van der Waals surface area contributed by atoms with E-state index in [-0.39, 0.29) is 17.2 Å². The molecule has 0 radical (unpaired) electrons. The van der Waals surface area contributed by atoms with Crippen molar-refractivity contribution in [2.75, 3.05) is 7.11 Å². The zero-order chi connectivity index (χ0) is 12.3. The summed E-state index contributed by atoms with van der Waals surface area (Å²) >= 11 is 2.17. The van der Waals surface area contributed by atoms with Crippen LogP contribution >= 0.6 is 22.6 Å². The topological polar surface area (TPSA) is 64.2 Å². The van der Waals surface area contributed by atoms with Crippen LogP contribution in [0.25, 0.3) is 0 Å². The number of aromatic nitrogens is 2. The molecule has 0 aliphatic carbocycles. The molecule has 0 spiro atoms. The van der Waals surface area contributed by atoms with E-state index in [0.29, 0.717) is 5.75 Å². The van der Waals surface area contributed by atoms with Crippen LogP contribution in [0.15, 0.2) is 35.4 Å². The number of benzene rings is 1. The smallest absolute Gasteiger partial charge is 0.297 e. The van der Waals surface area contributed by atoms with Crippen molar-refractivity contribution in [3.63, 3.8) is 0 Å². The van der Waals surface area contributed by atoms with Gasteiger partial charge >= 0.3 is 0 Å². The average Bonchev–Trinajstić information content (AvgIpc) is 2.29. The van der Waals surface area contributed by atoms with Gasteiger partial charge in [0.2, 0.25) is 5.75 Å². The number of halogens is 1. The van der Waals surface area contributed by atoms with Crippen molar-refractivity contribution >= 4 is 22.6 Å². The molecule has 1 N–H and O–H groups in total. The molecule has 6 heteroatoms. The van der Waals surface area contributed by atoms with Gasteiger partial charge in [-0.2, -0.15) is 0 Å². The van der Waals surface area contributed by atoms with Gasteiger partial charge in [-0.05, 0) is 40.8 Å². The van der Waals surface area contributed by atoms with E-state index in [9.17, 15) is 4.79 Å². The van der Waals surface area contributed by atoms with Crippen molar-refractivity contribution in [1.82, 2.24) is 9.97 Å². The van der Waals surface area contributed by atoms with Gasteiger partial charge in [-0.3, -0.25) is 4.79 Å². The van der Waals surface area contributed by atoms with Crippen molar-refractivity contribution in [2.24, 2.45) is 0 Å². The van der Waals surface area contributed by atoms with Crippen LogP contribution in [0.1, 0.15) is 0 Å². The van der Waals surface area contributed by atoms with Gasteiger partial charge in [0, 0.05) is 3.57 Å². The predicted molar refractivity (Wildman–Crippen MR) is 70.6 cm³/mol. The molecule has 0 bridgehead atoms. The van der Waals surface area contributed by atoms with Crippen molar-refractivity contribution < 1.29 is 9.47 Å². The van der Waals surface area contributed by atoms with Crippen LogP contribution < -0.4 is 15.0 Å². The van der Waals surface area contributed by atoms with Crippen LogP contribution in [0.3, 0.4) is 0 Å². The van der Waals surface area contributed by atoms with Crippen molar-refractivity contribution in [3.8, 4) is 17.4 Å². The van der Waals surface area contributed by atoms with E-state index >= 15 is 0 Å². The minimum Gasteiger partial charge on any atom is -0.487 e. The van der Waals surface area contributed by atoms with Gasteiger partial charge in [0.25, 0.3) is 11.4 Å². The van der Waals surface area contributed by atoms with E-state index in [2.05, 4.69) is 32.6 Å². The Morgan fingerprint density at radius 2 is 2.24 bits per heavy atom. The first-order valence-electron chi connectivity index (χ1n) is 4.76. The molecule has 1 aromatic carbocycles. The van der Waals surface area contributed by atoms with Crippen molar-refractivity contribution in [2.45, 2.75) is 0 Å². The molecule has 0 aliphatic heterocycles. The number of nitrogens with zero attached hydrogens (tertiary/aromatic N) is 1. The van der Waals surface area contributed by atoms with Crippen molar-refractivity contribution in [1.29, 1.82) is 0 Å². The van der Waals surface area contributed by atoms with Gasteiger partial charge in [-0.15, -0.1) is 0 Å². The summed E-state index contributed by atoms with van der Waals surface area (Å²) in [6, 6.07) is 7.42. The number of H-pyrrole nitrogens is 1. The third kappa shape index (κ3) is 2.76. The molecule has 17 heavy (non-hydrogen) atoms. The summed E-state index contributed by atoms with van der Waals surface area (Å²) in [6.07, 6.45) is 1.27. The number of aromatic amines is 1. The Hall–Kier alpha value is -1.57. The maximum atomic E-state index is 11.4. The minimum atomic E-state index is -0.372. The Kier molecular flexibility index (Phi) is 3.62. The van der Waals surface area contributed by atoms with Gasteiger partial charge in [-0.25, -0.2) is 4.98 Å². The molecular weight excluding hydrogens is 335 g/mol. The first-order chi connectivity index (χ1) is 8.20. The molecule has 0 unspecified atom stereocenters. The fourth-order valence-corrected chi connectivity index (χ4v) is 1.78. The van der Waals surface area contributed by atoms with Gasteiger partial charge in [0.05, 0.1) is 13.4 Å². The van der Waals surface area contributed by atoms with Crippen LogP contribution in [-0.2, 0) is 0 Å². The Balaban J connectivity index is 2.36. The highest BCUT2D eigenvalue weighted by Gasteiger charge is 2.11. The quantitative estimate of drug-likeness (QED) is 0.867. The molecule has 5 nitrogen and oxygen atoms in total. The molecule has 88 valence electrons. The Morgan fingerprint density at radius 1 is 1.41 bits per heavy atom. The van der Waals surface area contributed by atoms with Gasteiger partial charge < -0.3 is 14.5 Å². The van der Waals surface area contributed by atoms with Gasteiger partial charge in [0.1, 0.15) is 5.75 Å². The highest BCUT2D eigenvalue weighted by molar-refractivity contribution is 14.1. The number of nitrogens with one attached hydrogen (secondary N) is 1. The van der Waals surface area contributed by atoms with Gasteiger partial charge in [-0.1, -0.05) is 6.07 Å². The number of hydrogen-bond donors (Lipinski definition) is 1. The number of hydrogen-bond acceptors (Lipinski definition) is 4. The normalized spacial score (nSPS) is 10.0. The lowest BCUT2D eigenvalue weighted by atomic mass is 10.3. The molecule has 0 fully saturated rings. The molecule has 2 aromatic rings. The Labute approximate surface area is 111 Å². The van der Waals surface area contributed by atoms with Crippen molar-refractivity contribution in [3.05, 3.63) is 44.5 Å². The fourth-order valence-electron chi connectivity index (χ4n) is 1.27. The largest absolute Gasteiger partial charge is 0.487 e. The van der Waals surface area contributed by atoms with Crippen LogP contribution in [0.2, 0.25) is 0 Å². The van der Waals surface area contributed by atoms with E-state index in [1.165, 1.54) is 13.4 Å².